The van der Waals surface area contributed by atoms with Gasteiger partial charge in [-0.1, -0.05) is 26.2 Å². The maximum Gasteiger partial charge on any atom is 0.410 e. The van der Waals surface area contributed by atoms with Gasteiger partial charge in [0.05, 0.1) is 12.2 Å². The summed E-state index contributed by atoms with van der Waals surface area (Å²) in [7, 11) is 0. The molecule has 2 saturated heterocycles. The summed E-state index contributed by atoms with van der Waals surface area (Å²) in [6.07, 6.45) is 7.66. The van der Waals surface area contributed by atoms with Crippen molar-refractivity contribution in [1.29, 1.82) is 0 Å². The van der Waals surface area contributed by atoms with E-state index >= 15 is 0 Å². The van der Waals surface area contributed by atoms with E-state index in [0.29, 0.717) is 32.5 Å². The molecule has 2 aliphatic rings. The predicted molar refractivity (Wildman–Crippen MR) is 97.7 cm³/mol. The van der Waals surface area contributed by atoms with Crippen LogP contribution in [0.25, 0.3) is 0 Å². The van der Waals surface area contributed by atoms with Crippen LogP contribution in [0.15, 0.2) is 12.3 Å². The van der Waals surface area contributed by atoms with Crippen molar-refractivity contribution in [2.45, 2.75) is 64.5 Å². The van der Waals surface area contributed by atoms with Crippen molar-refractivity contribution in [1.82, 2.24) is 19.6 Å². The summed E-state index contributed by atoms with van der Waals surface area (Å²) in [6, 6.07) is 1.89. The molecule has 3 rings (SSSR count). The number of hydrogen-bond donors (Lipinski definition) is 0. The summed E-state index contributed by atoms with van der Waals surface area (Å²) in [5.74, 6) is 0.0729. The topological polar surface area (TPSA) is 67.7 Å². The van der Waals surface area contributed by atoms with Crippen LogP contribution in [-0.4, -0.2) is 63.4 Å². The summed E-state index contributed by atoms with van der Waals surface area (Å²) < 4.78 is 7.42. The lowest BCUT2D eigenvalue weighted by Crippen LogP contribution is -2.49. The van der Waals surface area contributed by atoms with Crippen molar-refractivity contribution in [2.75, 3.05) is 26.2 Å². The summed E-state index contributed by atoms with van der Waals surface area (Å²) in [4.78, 5) is 28.3. The smallest absolute Gasteiger partial charge is 0.410 e. The average Bonchev–Trinajstić information content (AvgIpc) is 3.15. The number of hydrogen-bond acceptors (Lipinski definition) is 4. The van der Waals surface area contributed by atoms with E-state index in [0.717, 1.165) is 25.1 Å². The van der Waals surface area contributed by atoms with Crippen molar-refractivity contribution < 1.29 is 14.3 Å². The summed E-state index contributed by atoms with van der Waals surface area (Å²) >= 11 is 0. The van der Waals surface area contributed by atoms with E-state index in [1.165, 1.54) is 12.8 Å². The Labute approximate surface area is 155 Å². The number of aromatic nitrogens is 2. The van der Waals surface area contributed by atoms with E-state index in [-0.39, 0.29) is 18.5 Å². The molecule has 26 heavy (non-hydrogen) atoms. The van der Waals surface area contributed by atoms with E-state index in [1.807, 2.05) is 29.0 Å². The molecule has 144 valence electrons. The van der Waals surface area contributed by atoms with Crippen LogP contribution in [0.2, 0.25) is 0 Å². The lowest BCUT2D eigenvalue weighted by atomic mass is 9.91. The Morgan fingerprint density at radius 2 is 2.04 bits per heavy atom. The third kappa shape index (κ3) is 4.37. The molecular weight excluding hydrogens is 332 g/mol. The van der Waals surface area contributed by atoms with Crippen LogP contribution in [0.4, 0.5) is 4.79 Å². The van der Waals surface area contributed by atoms with Gasteiger partial charge in [0.15, 0.2) is 0 Å². The zero-order chi connectivity index (χ0) is 18.6. The molecule has 2 aliphatic heterocycles. The Balaban J connectivity index is 1.47. The molecule has 0 atom stereocenters. The van der Waals surface area contributed by atoms with Gasteiger partial charge in [-0.3, -0.25) is 9.48 Å². The molecule has 2 amide bonds. The Kier molecular flexibility index (Phi) is 5.84. The third-order valence-corrected chi connectivity index (χ3v) is 5.42. The van der Waals surface area contributed by atoms with Crippen LogP contribution in [0.5, 0.6) is 0 Å². The van der Waals surface area contributed by atoms with Gasteiger partial charge in [0.25, 0.3) is 0 Å². The first-order valence-corrected chi connectivity index (χ1v) is 9.77. The first-order valence-electron chi connectivity index (χ1n) is 9.77. The van der Waals surface area contributed by atoms with Crippen LogP contribution >= 0.6 is 0 Å². The average molecular weight is 362 g/mol. The zero-order valence-electron chi connectivity index (χ0n) is 15.9. The van der Waals surface area contributed by atoms with Gasteiger partial charge in [-0.2, -0.15) is 5.10 Å². The minimum Gasteiger partial charge on any atom is -0.441 e. The van der Waals surface area contributed by atoms with Crippen LogP contribution in [-0.2, 0) is 16.1 Å². The molecule has 0 bridgehead atoms. The number of rotatable bonds is 7. The Morgan fingerprint density at radius 3 is 2.69 bits per heavy atom. The minimum absolute atomic E-state index is 0.0729. The third-order valence-electron chi connectivity index (χ3n) is 5.42. The molecule has 0 saturated carbocycles. The molecule has 1 spiro atoms. The number of carbonyl (C=O) groups is 2. The highest BCUT2D eigenvalue weighted by Gasteiger charge is 2.47. The van der Waals surface area contributed by atoms with Gasteiger partial charge in [-0.15, -0.1) is 0 Å². The zero-order valence-corrected chi connectivity index (χ0v) is 15.9. The Hall–Kier alpha value is -2.05. The number of ether oxygens (including phenoxy) is 1. The molecule has 7 heteroatoms. The lowest BCUT2D eigenvalue weighted by molar-refractivity contribution is -0.135. The maximum atomic E-state index is 12.5. The fraction of sp³-hybridized carbons (Fsp3) is 0.737. The predicted octanol–water partition coefficient (Wildman–Crippen LogP) is 2.59. The van der Waals surface area contributed by atoms with E-state index in [1.54, 1.807) is 4.68 Å². The molecule has 0 aromatic carbocycles. The number of carbonyl (C=O) groups excluding carboxylic acids is 2. The van der Waals surface area contributed by atoms with E-state index in [9.17, 15) is 9.59 Å². The molecular formula is C19H30N4O3. The molecule has 0 aliphatic carbocycles. The minimum atomic E-state index is -0.402. The fourth-order valence-corrected chi connectivity index (χ4v) is 3.81. The van der Waals surface area contributed by atoms with Crippen molar-refractivity contribution in [2.24, 2.45) is 0 Å². The highest BCUT2D eigenvalue weighted by Crippen LogP contribution is 2.33. The molecule has 0 unspecified atom stereocenters. The molecule has 3 heterocycles. The largest absolute Gasteiger partial charge is 0.441 e. The van der Waals surface area contributed by atoms with E-state index in [4.69, 9.17) is 4.74 Å². The molecule has 7 nitrogen and oxygen atoms in total. The van der Waals surface area contributed by atoms with Crippen molar-refractivity contribution in [3.05, 3.63) is 18.0 Å². The van der Waals surface area contributed by atoms with Crippen molar-refractivity contribution in [3.63, 3.8) is 0 Å². The normalized spacial score (nSPS) is 19.2. The van der Waals surface area contributed by atoms with Crippen molar-refractivity contribution >= 4 is 12.0 Å². The Bertz CT molecular complexity index is 634. The second-order valence-electron chi connectivity index (χ2n) is 7.57. The first kappa shape index (κ1) is 18.7. The fourth-order valence-electron chi connectivity index (χ4n) is 3.81. The van der Waals surface area contributed by atoms with Crippen LogP contribution < -0.4 is 0 Å². The van der Waals surface area contributed by atoms with Gasteiger partial charge >= 0.3 is 6.09 Å². The van der Waals surface area contributed by atoms with Gasteiger partial charge in [-0.25, -0.2) is 4.79 Å². The molecule has 2 fully saturated rings. The van der Waals surface area contributed by atoms with Crippen LogP contribution in [0.3, 0.4) is 0 Å². The number of piperidine rings is 1. The van der Waals surface area contributed by atoms with Gasteiger partial charge in [0.1, 0.15) is 12.1 Å². The SMILES string of the molecule is CCCCCCN1CC2(CCN(C(=O)Cn3ccc(C)n3)CC2)OC1=O. The summed E-state index contributed by atoms with van der Waals surface area (Å²) in [6.45, 7) is 7.08. The van der Waals surface area contributed by atoms with E-state index < -0.39 is 5.60 Å². The molecule has 1 aromatic rings. The second-order valence-corrected chi connectivity index (χ2v) is 7.57. The molecule has 0 radical (unpaired) electrons. The first-order chi connectivity index (χ1) is 12.5. The Morgan fingerprint density at radius 1 is 1.27 bits per heavy atom. The van der Waals surface area contributed by atoms with Gasteiger partial charge < -0.3 is 14.5 Å². The summed E-state index contributed by atoms with van der Waals surface area (Å²) in [5, 5.41) is 4.27. The quantitative estimate of drug-likeness (QED) is 0.699. The number of amides is 2. The van der Waals surface area contributed by atoms with Gasteiger partial charge in [0.2, 0.25) is 5.91 Å². The van der Waals surface area contributed by atoms with Gasteiger partial charge in [-0.05, 0) is 19.4 Å². The van der Waals surface area contributed by atoms with E-state index in [2.05, 4.69) is 12.0 Å². The number of unbranched alkanes of at least 4 members (excludes halogenated alkanes) is 3. The number of aryl methyl sites for hydroxylation is 1. The standard InChI is InChI=1S/C19H30N4O3/c1-3-4-5-6-10-22-15-19(26-18(22)25)8-12-21(13-9-19)17(24)14-23-11-7-16(2)20-23/h7,11H,3-6,8-10,12-15H2,1-2H3. The summed E-state index contributed by atoms with van der Waals surface area (Å²) in [5.41, 5.74) is 0.508. The second kappa shape index (κ2) is 8.10. The highest BCUT2D eigenvalue weighted by atomic mass is 16.6. The molecule has 1 aromatic heterocycles. The van der Waals surface area contributed by atoms with Crippen LogP contribution in [0.1, 0.15) is 51.1 Å². The number of nitrogens with zero attached hydrogens (tertiary/aromatic N) is 4. The maximum absolute atomic E-state index is 12.5. The highest BCUT2D eigenvalue weighted by molar-refractivity contribution is 5.76. The molecule has 0 N–H and O–H groups in total. The van der Waals surface area contributed by atoms with Crippen LogP contribution in [0, 0.1) is 6.92 Å². The van der Waals surface area contributed by atoms with Crippen molar-refractivity contribution in [3.8, 4) is 0 Å². The monoisotopic (exact) mass is 362 g/mol. The lowest BCUT2D eigenvalue weighted by Gasteiger charge is -2.37. The van der Waals surface area contributed by atoms with Gasteiger partial charge in [0, 0.05) is 38.7 Å². The number of likely N-dealkylation sites (tertiary alicyclic amines) is 1.